The number of hydrogen-bond acceptors (Lipinski definition) is 6. The van der Waals surface area contributed by atoms with E-state index in [1.165, 1.54) is 44.5 Å². The number of benzene rings is 2. The summed E-state index contributed by atoms with van der Waals surface area (Å²) in [5, 5.41) is 3.04. The van der Waals surface area contributed by atoms with E-state index >= 15 is 0 Å². The van der Waals surface area contributed by atoms with Crippen molar-refractivity contribution in [2.24, 2.45) is 0 Å². The highest BCUT2D eigenvalue weighted by molar-refractivity contribution is 7.89. The molecule has 31 heavy (non-hydrogen) atoms. The number of likely N-dealkylation sites (tertiary alicyclic amines) is 1. The van der Waals surface area contributed by atoms with E-state index in [1.807, 2.05) is 12.1 Å². The van der Waals surface area contributed by atoms with Gasteiger partial charge in [-0.15, -0.1) is 0 Å². The van der Waals surface area contributed by atoms with Crippen molar-refractivity contribution in [1.29, 1.82) is 0 Å². The fraction of sp³-hybridized carbons (Fsp3) is 0.409. The van der Waals surface area contributed by atoms with Gasteiger partial charge in [0.1, 0.15) is 0 Å². The molecule has 3 rings (SSSR count). The Labute approximate surface area is 183 Å². The number of rotatable bonds is 8. The van der Waals surface area contributed by atoms with Gasteiger partial charge in [-0.2, -0.15) is 0 Å². The number of ether oxygens (including phenoxy) is 2. The van der Waals surface area contributed by atoms with Gasteiger partial charge in [0.25, 0.3) is 5.91 Å². The molecule has 0 radical (unpaired) electrons. The van der Waals surface area contributed by atoms with Crippen LogP contribution < -0.4 is 19.5 Å². The summed E-state index contributed by atoms with van der Waals surface area (Å²) >= 11 is 0. The maximum Gasteiger partial charge on any atom is 0.256 e. The molecule has 1 heterocycles. The fourth-order valence-corrected chi connectivity index (χ4v) is 4.57. The molecular weight excluding hydrogens is 418 g/mol. The molecule has 0 saturated carbocycles. The Morgan fingerprint density at radius 1 is 1.19 bits per heavy atom. The van der Waals surface area contributed by atoms with Crippen molar-refractivity contribution in [3.8, 4) is 11.5 Å². The van der Waals surface area contributed by atoms with Gasteiger partial charge >= 0.3 is 0 Å². The zero-order valence-corrected chi connectivity index (χ0v) is 19.1. The lowest BCUT2D eigenvalue weighted by atomic mass is 10.1. The molecule has 0 bridgehead atoms. The van der Waals surface area contributed by atoms with Crippen molar-refractivity contribution in [1.82, 2.24) is 14.9 Å². The highest BCUT2D eigenvalue weighted by Gasteiger charge is 2.29. The van der Waals surface area contributed by atoms with Crippen molar-refractivity contribution < 1.29 is 22.7 Å². The molecular formula is C22H29N3O5S. The number of nitrogens with one attached hydrogen (secondary N) is 2. The van der Waals surface area contributed by atoms with E-state index in [4.69, 9.17) is 9.47 Å². The van der Waals surface area contributed by atoms with Crippen LogP contribution in [-0.4, -0.2) is 53.2 Å². The maximum absolute atomic E-state index is 13.2. The average molecular weight is 448 g/mol. The van der Waals surface area contributed by atoms with Crippen LogP contribution in [0.1, 0.15) is 34.3 Å². The summed E-state index contributed by atoms with van der Waals surface area (Å²) in [5.74, 6) is -0.0457. The van der Waals surface area contributed by atoms with Gasteiger partial charge in [0.2, 0.25) is 10.0 Å². The van der Waals surface area contributed by atoms with Crippen LogP contribution in [-0.2, 0) is 16.6 Å². The molecule has 1 saturated heterocycles. The normalized spacial score (nSPS) is 16.8. The van der Waals surface area contributed by atoms with E-state index < -0.39 is 15.9 Å². The van der Waals surface area contributed by atoms with Crippen LogP contribution in [0.25, 0.3) is 0 Å². The fourth-order valence-electron chi connectivity index (χ4n) is 3.80. The van der Waals surface area contributed by atoms with Gasteiger partial charge in [0.05, 0.1) is 30.8 Å². The van der Waals surface area contributed by atoms with Crippen LogP contribution in [0.4, 0.5) is 0 Å². The van der Waals surface area contributed by atoms with Crippen molar-refractivity contribution in [3.05, 3.63) is 53.1 Å². The lowest BCUT2D eigenvalue weighted by Crippen LogP contribution is -2.44. The lowest BCUT2D eigenvalue weighted by molar-refractivity contribution is 0.0877. The minimum absolute atomic E-state index is 0.0685. The molecule has 2 aromatic rings. The SMILES string of the molecule is CNS(=O)(=O)c1cc(OC)c(OC)c(C(=O)NC2CCCN2Cc2ccccc2C)c1. The van der Waals surface area contributed by atoms with Gasteiger partial charge in [-0.3, -0.25) is 9.69 Å². The van der Waals surface area contributed by atoms with E-state index in [-0.39, 0.29) is 28.1 Å². The largest absolute Gasteiger partial charge is 0.493 e. The Balaban J connectivity index is 1.88. The highest BCUT2D eigenvalue weighted by atomic mass is 32.2. The summed E-state index contributed by atoms with van der Waals surface area (Å²) in [7, 11) is 0.359. The van der Waals surface area contributed by atoms with E-state index in [0.717, 1.165) is 25.9 Å². The van der Waals surface area contributed by atoms with E-state index in [9.17, 15) is 13.2 Å². The molecule has 0 aromatic heterocycles. The Bertz CT molecular complexity index is 1060. The molecule has 0 aliphatic carbocycles. The molecule has 0 spiro atoms. The first-order valence-corrected chi connectivity index (χ1v) is 11.6. The Morgan fingerprint density at radius 3 is 2.58 bits per heavy atom. The first-order valence-electron chi connectivity index (χ1n) is 10.1. The third-order valence-electron chi connectivity index (χ3n) is 5.57. The summed E-state index contributed by atoms with van der Waals surface area (Å²) in [6.45, 7) is 3.67. The number of amides is 1. The average Bonchev–Trinajstić information content (AvgIpc) is 3.20. The predicted molar refractivity (Wildman–Crippen MR) is 118 cm³/mol. The van der Waals surface area contributed by atoms with Gasteiger partial charge in [-0.1, -0.05) is 24.3 Å². The van der Waals surface area contributed by atoms with Crippen molar-refractivity contribution in [3.63, 3.8) is 0 Å². The van der Waals surface area contributed by atoms with Gasteiger partial charge in [0, 0.05) is 19.2 Å². The molecule has 1 fully saturated rings. The number of carbonyl (C=O) groups is 1. The number of carbonyl (C=O) groups excluding carboxylic acids is 1. The van der Waals surface area contributed by atoms with Gasteiger partial charge in [-0.25, -0.2) is 13.1 Å². The minimum atomic E-state index is -3.77. The van der Waals surface area contributed by atoms with Crippen molar-refractivity contribution in [2.75, 3.05) is 27.8 Å². The van der Waals surface area contributed by atoms with E-state index in [0.29, 0.717) is 0 Å². The number of nitrogens with zero attached hydrogens (tertiary/aromatic N) is 1. The van der Waals surface area contributed by atoms with Crippen LogP contribution >= 0.6 is 0 Å². The number of methoxy groups -OCH3 is 2. The molecule has 8 nitrogen and oxygen atoms in total. The quantitative estimate of drug-likeness (QED) is 0.644. The van der Waals surface area contributed by atoms with Crippen LogP contribution in [0.3, 0.4) is 0 Å². The summed E-state index contributed by atoms with van der Waals surface area (Å²) in [4.78, 5) is 15.3. The molecule has 9 heteroatoms. The molecule has 2 aromatic carbocycles. The Hall–Kier alpha value is -2.62. The first-order chi connectivity index (χ1) is 14.8. The molecule has 168 valence electrons. The minimum Gasteiger partial charge on any atom is -0.493 e. The van der Waals surface area contributed by atoms with E-state index in [2.05, 4.69) is 34.0 Å². The number of hydrogen-bond donors (Lipinski definition) is 2. The summed E-state index contributed by atoms with van der Waals surface area (Å²) in [6.07, 6.45) is 1.61. The van der Waals surface area contributed by atoms with E-state index in [1.54, 1.807) is 0 Å². The zero-order chi connectivity index (χ0) is 22.6. The number of sulfonamides is 1. The molecule has 1 unspecified atom stereocenters. The second-order valence-electron chi connectivity index (χ2n) is 7.44. The highest BCUT2D eigenvalue weighted by Crippen LogP contribution is 2.34. The molecule has 1 aliphatic rings. The summed E-state index contributed by atoms with van der Waals surface area (Å²) in [5.41, 5.74) is 2.53. The van der Waals surface area contributed by atoms with Crippen LogP contribution in [0, 0.1) is 6.92 Å². The van der Waals surface area contributed by atoms with Gasteiger partial charge < -0.3 is 14.8 Å². The van der Waals surface area contributed by atoms with Crippen LogP contribution in [0.5, 0.6) is 11.5 Å². The first kappa shape index (κ1) is 23.1. The van der Waals surface area contributed by atoms with Crippen molar-refractivity contribution in [2.45, 2.75) is 37.4 Å². The number of aryl methyl sites for hydroxylation is 1. The summed E-state index contributed by atoms with van der Waals surface area (Å²) < 4.78 is 37.6. The smallest absolute Gasteiger partial charge is 0.256 e. The lowest BCUT2D eigenvalue weighted by Gasteiger charge is -2.26. The molecule has 2 N–H and O–H groups in total. The van der Waals surface area contributed by atoms with Crippen molar-refractivity contribution >= 4 is 15.9 Å². The standard InChI is InChI=1S/C22H29N3O5S/c1-15-8-5-6-9-16(15)14-25-11-7-10-20(25)24-22(26)18-12-17(31(27,28)23-2)13-19(29-3)21(18)30-4/h5-6,8-9,12-13,20,23H,7,10-11,14H2,1-4H3,(H,24,26). The second kappa shape index (κ2) is 9.67. The topological polar surface area (TPSA) is 97.0 Å². The van der Waals surface area contributed by atoms with Crippen LogP contribution in [0.15, 0.2) is 41.3 Å². The zero-order valence-electron chi connectivity index (χ0n) is 18.3. The van der Waals surface area contributed by atoms with Gasteiger partial charge in [-0.05, 0) is 44.0 Å². The molecule has 1 amide bonds. The van der Waals surface area contributed by atoms with Crippen LogP contribution in [0.2, 0.25) is 0 Å². The third-order valence-corrected chi connectivity index (χ3v) is 6.97. The predicted octanol–water partition coefficient (Wildman–Crippen LogP) is 2.27. The summed E-state index contributed by atoms with van der Waals surface area (Å²) in [6, 6.07) is 10.8. The second-order valence-corrected chi connectivity index (χ2v) is 9.33. The Kier molecular flexibility index (Phi) is 7.19. The monoisotopic (exact) mass is 447 g/mol. The Morgan fingerprint density at radius 2 is 1.94 bits per heavy atom. The molecule has 1 aliphatic heterocycles. The maximum atomic E-state index is 13.2. The third kappa shape index (κ3) is 5.00. The molecule has 1 atom stereocenters. The van der Waals surface area contributed by atoms with Gasteiger partial charge in [0.15, 0.2) is 11.5 Å².